The Morgan fingerprint density at radius 3 is 2.53 bits per heavy atom. The Hall–Kier alpha value is -1.98. The molecule has 1 heterocycles. The fourth-order valence-corrected chi connectivity index (χ4v) is 1.21. The maximum Gasteiger partial charge on any atom is 0.337 e. The summed E-state index contributed by atoms with van der Waals surface area (Å²) in [7, 11) is 0. The summed E-state index contributed by atoms with van der Waals surface area (Å²) in [6.45, 7) is 5.72. The van der Waals surface area contributed by atoms with Gasteiger partial charge in [-0.15, -0.1) is 0 Å². The van der Waals surface area contributed by atoms with Crippen LogP contribution < -0.4 is 10.00 Å². The highest BCUT2D eigenvalue weighted by Crippen LogP contribution is 1.97. The van der Waals surface area contributed by atoms with Gasteiger partial charge in [-0.1, -0.05) is 4.68 Å². The maximum atomic E-state index is 11.6. The Balaban J connectivity index is 2.64. The van der Waals surface area contributed by atoms with Crippen LogP contribution in [0.3, 0.4) is 0 Å². The molecule has 0 saturated heterocycles. The zero-order valence-electron chi connectivity index (χ0n) is 10.1. The van der Waals surface area contributed by atoms with Crippen molar-refractivity contribution in [2.45, 2.75) is 32.9 Å². The first-order valence-corrected chi connectivity index (χ1v) is 5.18. The van der Waals surface area contributed by atoms with E-state index in [-0.39, 0.29) is 23.6 Å². The van der Waals surface area contributed by atoms with E-state index >= 15 is 0 Å². The zero-order valence-corrected chi connectivity index (χ0v) is 10.1. The van der Waals surface area contributed by atoms with Gasteiger partial charge in [0.1, 0.15) is 6.20 Å². The van der Waals surface area contributed by atoms with Crippen LogP contribution in [0.25, 0.3) is 0 Å². The van der Waals surface area contributed by atoms with Crippen LogP contribution in [-0.4, -0.2) is 27.6 Å². The van der Waals surface area contributed by atoms with E-state index in [1.54, 1.807) is 0 Å². The molecule has 0 unspecified atom stereocenters. The van der Waals surface area contributed by atoms with Gasteiger partial charge < -0.3 is 10.4 Å². The van der Waals surface area contributed by atoms with Crippen molar-refractivity contribution in [1.29, 1.82) is 0 Å². The first-order chi connectivity index (χ1) is 7.78. The van der Waals surface area contributed by atoms with E-state index in [1.165, 1.54) is 23.1 Å². The van der Waals surface area contributed by atoms with E-state index in [9.17, 15) is 9.59 Å². The fourth-order valence-electron chi connectivity index (χ4n) is 1.21. The van der Waals surface area contributed by atoms with E-state index in [0.29, 0.717) is 0 Å². The molecule has 0 atom stereocenters. The van der Waals surface area contributed by atoms with E-state index in [0.717, 1.165) is 0 Å². The predicted molar refractivity (Wildman–Crippen MR) is 59.3 cm³/mol. The molecule has 0 fully saturated rings. The van der Waals surface area contributed by atoms with Crippen LogP contribution in [0.4, 0.5) is 0 Å². The summed E-state index contributed by atoms with van der Waals surface area (Å²) < 4.78 is 1.38. The number of carboxylic acid groups (broad SMARTS) is 1. The minimum Gasteiger partial charge on any atom is -0.478 e. The summed E-state index contributed by atoms with van der Waals surface area (Å²) in [6, 6.07) is 1.40. The topological polar surface area (TPSA) is 83.2 Å². The molecule has 1 amide bonds. The van der Waals surface area contributed by atoms with Crippen molar-refractivity contribution in [2.75, 3.05) is 0 Å². The molecule has 1 rings (SSSR count). The standard InChI is InChI=1S/C11H15N3O3/c1-11(2,3)13-9(15)7-14-5-4-8(6-12-14)10(16)17/h4-6H,7H2,1-3H3,(H-,13,15,16,17)/p+1. The Labute approximate surface area is 99.3 Å². The van der Waals surface area contributed by atoms with Gasteiger partial charge in [0.2, 0.25) is 0 Å². The number of nitrogens with one attached hydrogen (secondary N) is 1. The average Bonchev–Trinajstić information content (AvgIpc) is 2.15. The first kappa shape index (κ1) is 13.1. The molecule has 0 radical (unpaired) electrons. The number of rotatable bonds is 3. The highest BCUT2D eigenvalue weighted by molar-refractivity contribution is 5.86. The monoisotopic (exact) mass is 238 g/mol. The number of carboxylic acids is 1. The maximum absolute atomic E-state index is 11.6. The SMILES string of the molecule is CC(C)(C)NC(=O)C[n+]1ccc(C(=O)O)cn1. The number of aromatic nitrogens is 2. The summed E-state index contributed by atoms with van der Waals surface area (Å²) in [4.78, 5) is 22.2. The zero-order chi connectivity index (χ0) is 13.1. The molecule has 0 saturated carbocycles. The van der Waals surface area contributed by atoms with Gasteiger partial charge in [0.15, 0.2) is 6.20 Å². The van der Waals surface area contributed by atoms with Crippen LogP contribution in [0.15, 0.2) is 18.5 Å². The Bertz CT molecular complexity index is 421. The van der Waals surface area contributed by atoms with Crippen LogP contribution in [-0.2, 0) is 11.3 Å². The first-order valence-electron chi connectivity index (χ1n) is 5.18. The number of hydrogen-bond acceptors (Lipinski definition) is 3. The molecule has 0 bridgehead atoms. The van der Waals surface area contributed by atoms with E-state index in [4.69, 9.17) is 5.11 Å². The molecular formula is C11H16N3O3+. The van der Waals surface area contributed by atoms with Crippen LogP contribution in [0, 0.1) is 0 Å². The van der Waals surface area contributed by atoms with Crippen LogP contribution in [0.5, 0.6) is 0 Å². The number of amides is 1. The number of carbonyl (C=O) groups excluding carboxylic acids is 1. The second-order valence-electron chi connectivity index (χ2n) is 4.72. The Morgan fingerprint density at radius 1 is 1.47 bits per heavy atom. The minimum atomic E-state index is -1.04. The van der Waals surface area contributed by atoms with Gasteiger partial charge in [0.25, 0.3) is 12.5 Å². The molecule has 92 valence electrons. The lowest BCUT2D eigenvalue weighted by atomic mass is 10.1. The molecular weight excluding hydrogens is 222 g/mol. The van der Waals surface area contributed by atoms with Gasteiger partial charge in [-0.05, 0) is 25.9 Å². The summed E-state index contributed by atoms with van der Waals surface area (Å²) in [6.07, 6.45) is 2.68. The summed E-state index contributed by atoms with van der Waals surface area (Å²) >= 11 is 0. The van der Waals surface area contributed by atoms with Crippen molar-refractivity contribution >= 4 is 11.9 Å². The quantitative estimate of drug-likeness (QED) is 0.725. The summed E-state index contributed by atoms with van der Waals surface area (Å²) in [5, 5.41) is 15.3. The van der Waals surface area contributed by atoms with Crippen molar-refractivity contribution < 1.29 is 19.4 Å². The number of hydrogen-bond donors (Lipinski definition) is 2. The van der Waals surface area contributed by atoms with Crippen molar-refractivity contribution in [2.24, 2.45) is 0 Å². The third-order valence-electron chi connectivity index (χ3n) is 1.84. The Kier molecular flexibility index (Phi) is 3.77. The van der Waals surface area contributed by atoms with Gasteiger partial charge in [0, 0.05) is 11.6 Å². The molecule has 1 aromatic rings. The van der Waals surface area contributed by atoms with E-state index in [1.807, 2.05) is 20.8 Å². The smallest absolute Gasteiger partial charge is 0.337 e. The van der Waals surface area contributed by atoms with Gasteiger partial charge in [-0.3, -0.25) is 4.79 Å². The largest absolute Gasteiger partial charge is 0.478 e. The van der Waals surface area contributed by atoms with Gasteiger partial charge in [-0.2, -0.15) is 0 Å². The molecule has 1 aromatic heterocycles. The van der Waals surface area contributed by atoms with E-state index < -0.39 is 5.97 Å². The number of nitrogens with zero attached hydrogens (tertiary/aromatic N) is 2. The van der Waals surface area contributed by atoms with Gasteiger partial charge >= 0.3 is 5.97 Å². The molecule has 0 aliphatic rings. The third-order valence-corrected chi connectivity index (χ3v) is 1.84. The lowest BCUT2D eigenvalue weighted by Gasteiger charge is -2.18. The predicted octanol–water partition coefficient (Wildman–Crippen LogP) is -0.0180. The van der Waals surface area contributed by atoms with Crippen molar-refractivity contribution in [3.63, 3.8) is 0 Å². The lowest BCUT2D eigenvalue weighted by Crippen LogP contribution is -2.50. The van der Waals surface area contributed by atoms with Crippen molar-refractivity contribution in [1.82, 2.24) is 10.4 Å². The third kappa shape index (κ3) is 4.58. The summed E-state index contributed by atoms with van der Waals surface area (Å²) in [5.74, 6) is -1.21. The highest BCUT2D eigenvalue weighted by Gasteiger charge is 2.18. The van der Waals surface area contributed by atoms with Crippen LogP contribution >= 0.6 is 0 Å². The van der Waals surface area contributed by atoms with Crippen molar-refractivity contribution in [3.8, 4) is 0 Å². The van der Waals surface area contributed by atoms with Crippen molar-refractivity contribution in [3.05, 3.63) is 24.0 Å². The second-order valence-corrected chi connectivity index (χ2v) is 4.72. The fraction of sp³-hybridized carbons (Fsp3) is 0.455. The molecule has 0 aliphatic heterocycles. The molecule has 2 N–H and O–H groups in total. The molecule has 6 nitrogen and oxygen atoms in total. The molecule has 6 heteroatoms. The molecule has 0 spiro atoms. The number of carbonyl (C=O) groups is 2. The number of aromatic carboxylic acids is 1. The average molecular weight is 238 g/mol. The summed E-state index contributed by atoms with van der Waals surface area (Å²) in [5.41, 5.74) is -0.198. The lowest BCUT2D eigenvalue weighted by molar-refractivity contribution is -0.742. The van der Waals surface area contributed by atoms with Crippen LogP contribution in [0.2, 0.25) is 0 Å². The molecule has 0 aliphatic carbocycles. The normalized spacial score (nSPS) is 11.0. The molecule has 17 heavy (non-hydrogen) atoms. The Morgan fingerprint density at radius 2 is 2.12 bits per heavy atom. The van der Waals surface area contributed by atoms with Gasteiger partial charge in [0.05, 0.1) is 5.56 Å². The molecule has 0 aromatic carbocycles. The minimum absolute atomic E-state index is 0.0666. The van der Waals surface area contributed by atoms with E-state index in [2.05, 4.69) is 10.4 Å². The second kappa shape index (κ2) is 4.90. The van der Waals surface area contributed by atoms with Crippen LogP contribution in [0.1, 0.15) is 31.1 Å². The highest BCUT2D eigenvalue weighted by atomic mass is 16.4. The van der Waals surface area contributed by atoms with Gasteiger partial charge in [-0.25, -0.2) is 4.79 Å².